The van der Waals surface area contributed by atoms with Crippen LogP contribution in [-0.4, -0.2) is 45.3 Å². The molecule has 0 spiro atoms. The van der Waals surface area contributed by atoms with E-state index < -0.39 is 0 Å². The Morgan fingerprint density at radius 1 is 1.06 bits per heavy atom. The van der Waals surface area contributed by atoms with Gasteiger partial charge < -0.3 is 14.4 Å². The number of hydrogen-bond acceptors (Lipinski definition) is 3. The molecule has 2 aromatic heterocycles. The highest BCUT2D eigenvalue weighted by molar-refractivity contribution is 7.12. The highest BCUT2D eigenvalue weighted by Gasteiger charge is 2.29. The van der Waals surface area contributed by atoms with Gasteiger partial charge in [-0.25, -0.2) is 0 Å². The summed E-state index contributed by atoms with van der Waals surface area (Å²) in [6.07, 6.45) is 8.40. The molecule has 5 nitrogen and oxygen atoms in total. The van der Waals surface area contributed by atoms with Crippen LogP contribution in [0.1, 0.15) is 66.4 Å². The lowest BCUT2D eigenvalue weighted by atomic mass is 9.94. The lowest BCUT2D eigenvalue weighted by molar-refractivity contribution is -0.135. The molecule has 0 N–H and O–H groups in total. The zero-order valence-corrected chi connectivity index (χ0v) is 21.9. The smallest absolute Gasteiger partial charge is 0.264 e. The van der Waals surface area contributed by atoms with Crippen molar-refractivity contribution in [2.45, 2.75) is 64.6 Å². The summed E-state index contributed by atoms with van der Waals surface area (Å²) in [4.78, 5) is 31.3. The zero-order valence-electron chi connectivity index (χ0n) is 20.4. The summed E-state index contributed by atoms with van der Waals surface area (Å²) < 4.78 is 2.17. The molecule has 186 valence electrons. The maximum absolute atomic E-state index is 13.8. The Labute approximate surface area is 217 Å². The molecule has 2 amide bonds. The van der Waals surface area contributed by atoms with Gasteiger partial charge in [-0.2, -0.15) is 0 Å². The summed E-state index contributed by atoms with van der Waals surface area (Å²) in [6.45, 7) is 3.93. The Morgan fingerprint density at radius 2 is 1.86 bits per heavy atom. The van der Waals surface area contributed by atoms with Crippen molar-refractivity contribution in [3.8, 4) is 0 Å². The first-order chi connectivity index (χ1) is 17.1. The van der Waals surface area contributed by atoms with E-state index in [1.165, 1.54) is 17.8 Å². The van der Waals surface area contributed by atoms with Gasteiger partial charge in [0, 0.05) is 36.0 Å². The van der Waals surface area contributed by atoms with Crippen LogP contribution in [0.2, 0.25) is 5.02 Å². The van der Waals surface area contributed by atoms with Gasteiger partial charge in [-0.05, 0) is 54.5 Å². The summed E-state index contributed by atoms with van der Waals surface area (Å²) in [6, 6.07) is 15.9. The average molecular weight is 512 g/mol. The molecule has 0 bridgehead atoms. The third-order valence-electron chi connectivity index (χ3n) is 6.73. The third kappa shape index (κ3) is 6.56. The van der Waals surface area contributed by atoms with Crippen molar-refractivity contribution < 1.29 is 9.59 Å². The third-order valence-corrected chi connectivity index (χ3v) is 7.96. The van der Waals surface area contributed by atoms with Crippen molar-refractivity contribution in [3.63, 3.8) is 0 Å². The number of halogens is 1. The monoisotopic (exact) mass is 511 g/mol. The van der Waals surface area contributed by atoms with Crippen molar-refractivity contribution in [2.75, 3.05) is 13.1 Å². The Morgan fingerprint density at radius 3 is 2.57 bits per heavy atom. The van der Waals surface area contributed by atoms with E-state index in [-0.39, 0.29) is 24.4 Å². The first kappa shape index (κ1) is 25.5. The van der Waals surface area contributed by atoms with Gasteiger partial charge in [0.25, 0.3) is 5.91 Å². The summed E-state index contributed by atoms with van der Waals surface area (Å²) >= 11 is 7.84. The van der Waals surface area contributed by atoms with E-state index in [4.69, 9.17) is 11.6 Å². The number of carbonyl (C=O) groups is 2. The minimum absolute atomic E-state index is 0.0285. The number of aromatic nitrogens is 1. The summed E-state index contributed by atoms with van der Waals surface area (Å²) in [5.41, 5.74) is 2.13. The van der Waals surface area contributed by atoms with Gasteiger partial charge >= 0.3 is 0 Å². The Balaban J connectivity index is 1.54. The first-order valence-corrected chi connectivity index (χ1v) is 13.8. The molecule has 1 fully saturated rings. The highest BCUT2D eigenvalue weighted by Crippen LogP contribution is 2.26. The topological polar surface area (TPSA) is 45.6 Å². The fourth-order valence-corrected chi connectivity index (χ4v) is 5.76. The molecule has 4 rings (SSSR count). The molecule has 1 aliphatic carbocycles. The molecule has 3 aromatic rings. The van der Waals surface area contributed by atoms with E-state index >= 15 is 0 Å². The maximum Gasteiger partial charge on any atom is 0.264 e. The predicted octanol–water partition coefficient (Wildman–Crippen LogP) is 6.47. The second-order valence-corrected chi connectivity index (χ2v) is 10.6. The molecule has 1 aliphatic rings. The first-order valence-electron chi connectivity index (χ1n) is 12.6. The number of rotatable bonds is 10. The van der Waals surface area contributed by atoms with Gasteiger partial charge in [0.15, 0.2) is 0 Å². The molecule has 1 aromatic carbocycles. The molecule has 2 heterocycles. The fourth-order valence-electron chi connectivity index (χ4n) is 4.88. The van der Waals surface area contributed by atoms with Crippen LogP contribution in [0.15, 0.2) is 60.1 Å². The molecule has 0 radical (unpaired) electrons. The van der Waals surface area contributed by atoms with Gasteiger partial charge in [0.05, 0.1) is 11.4 Å². The van der Waals surface area contributed by atoms with E-state index in [1.54, 1.807) is 4.90 Å². The molecule has 0 unspecified atom stereocenters. The molecular formula is C28H34ClN3O2S. The number of amides is 2. The lowest BCUT2D eigenvalue weighted by Gasteiger charge is -2.36. The lowest BCUT2D eigenvalue weighted by Crippen LogP contribution is -2.47. The van der Waals surface area contributed by atoms with Crippen molar-refractivity contribution in [1.82, 2.24) is 14.4 Å². The van der Waals surface area contributed by atoms with Gasteiger partial charge in [-0.3, -0.25) is 9.59 Å². The van der Waals surface area contributed by atoms with E-state index in [9.17, 15) is 9.59 Å². The summed E-state index contributed by atoms with van der Waals surface area (Å²) in [5.74, 6) is -0.0263. The maximum atomic E-state index is 13.8. The minimum Gasteiger partial charge on any atom is -0.345 e. The molecule has 35 heavy (non-hydrogen) atoms. The molecule has 7 heteroatoms. The number of thiophene rings is 1. The molecular weight excluding hydrogens is 478 g/mol. The highest BCUT2D eigenvalue weighted by atomic mass is 35.5. The van der Waals surface area contributed by atoms with Crippen LogP contribution < -0.4 is 0 Å². The van der Waals surface area contributed by atoms with Gasteiger partial charge in [-0.15, -0.1) is 11.3 Å². The van der Waals surface area contributed by atoms with Crippen molar-refractivity contribution in [3.05, 3.63) is 81.3 Å². The van der Waals surface area contributed by atoms with Gasteiger partial charge in [0.2, 0.25) is 5.91 Å². The number of carbonyl (C=O) groups excluding carboxylic acids is 2. The number of benzene rings is 1. The van der Waals surface area contributed by atoms with Crippen LogP contribution in [0.5, 0.6) is 0 Å². The van der Waals surface area contributed by atoms with Gasteiger partial charge in [-0.1, -0.05) is 62.1 Å². The molecule has 0 saturated heterocycles. The summed E-state index contributed by atoms with van der Waals surface area (Å²) in [5, 5.41) is 2.65. The zero-order chi connectivity index (χ0) is 24.6. The van der Waals surface area contributed by atoms with Gasteiger partial charge in [0.1, 0.15) is 6.54 Å². The van der Waals surface area contributed by atoms with E-state index in [2.05, 4.69) is 10.6 Å². The average Bonchev–Trinajstić information content (AvgIpc) is 3.56. The second-order valence-electron chi connectivity index (χ2n) is 9.24. The number of nitrogens with zero attached hydrogens (tertiary/aromatic N) is 3. The Bertz CT molecular complexity index is 1110. The molecule has 0 atom stereocenters. The Kier molecular flexibility index (Phi) is 9.05. The molecule has 1 saturated carbocycles. The quantitative estimate of drug-likeness (QED) is 0.313. The van der Waals surface area contributed by atoms with Crippen LogP contribution in [0.3, 0.4) is 0 Å². The largest absolute Gasteiger partial charge is 0.345 e. The predicted molar refractivity (Wildman–Crippen MR) is 143 cm³/mol. The van der Waals surface area contributed by atoms with E-state index in [0.29, 0.717) is 24.5 Å². The summed E-state index contributed by atoms with van der Waals surface area (Å²) in [7, 11) is 0. The van der Waals surface area contributed by atoms with Crippen molar-refractivity contribution >= 4 is 34.8 Å². The normalized spacial score (nSPS) is 14.1. The standard InChI is InChI=1S/C28H34ClN3O2S/c1-2-16-31(28(34)26-15-9-18-35-26)21-27(33)32(23-11-4-3-5-12-23)20-24-13-8-17-30(24)19-22-10-6-7-14-25(22)29/h6-10,13-15,17-18,23H,2-5,11-12,16,19-21H2,1H3. The van der Waals surface area contributed by atoms with E-state index in [0.717, 1.165) is 48.4 Å². The van der Waals surface area contributed by atoms with Crippen LogP contribution >= 0.6 is 22.9 Å². The fraction of sp³-hybridized carbons (Fsp3) is 0.429. The number of hydrogen-bond donors (Lipinski definition) is 0. The Hall–Kier alpha value is -2.57. The van der Waals surface area contributed by atoms with Crippen molar-refractivity contribution in [1.29, 1.82) is 0 Å². The van der Waals surface area contributed by atoms with Crippen LogP contribution in [-0.2, 0) is 17.9 Å². The second kappa shape index (κ2) is 12.4. The minimum atomic E-state index is -0.0547. The van der Waals surface area contributed by atoms with E-state index in [1.807, 2.05) is 65.9 Å². The van der Waals surface area contributed by atoms with Crippen LogP contribution in [0, 0.1) is 0 Å². The van der Waals surface area contributed by atoms with Crippen LogP contribution in [0.25, 0.3) is 0 Å². The van der Waals surface area contributed by atoms with Crippen LogP contribution in [0.4, 0.5) is 0 Å². The SMILES string of the molecule is CCCN(CC(=O)N(Cc1cccn1Cc1ccccc1Cl)C1CCCCC1)C(=O)c1cccs1. The molecule has 0 aliphatic heterocycles. The van der Waals surface area contributed by atoms with Crippen molar-refractivity contribution in [2.24, 2.45) is 0 Å².